The molecule has 2 aliphatic heterocycles. The van der Waals surface area contributed by atoms with Crippen LogP contribution in [0.15, 0.2) is 0 Å². The highest BCUT2D eigenvalue weighted by Crippen LogP contribution is 2.15. The first-order chi connectivity index (χ1) is 9.25. The van der Waals surface area contributed by atoms with Crippen LogP contribution in [0.2, 0.25) is 0 Å². The number of amides is 1. The van der Waals surface area contributed by atoms with Crippen molar-refractivity contribution in [2.24, 2.45) is 5.92 Å². The fraction of sp³-hybridized carbons (Fsp3) is 0.933. The number of hydrogen-bond donors (Lipinski definition) is 2. The molecule has 1 unspecified atom stereocenters. The maximum absolute atomic E-state index is 11.9. The quantitative estimate of drug-likeness (QED) is 0.739. The molecule has 1 atom stereocenters. The molecule has 2 heterocycles. The highest BCUT2D eigenvalue weighted by Gasteiger charge is 2.20. The third-order valence-electron chi connectivity index (χ3n) is 4.45. The predicted octanol–water partition coefficient (Wildman–Crippen LogP) is 1.37. The molecule has 110 valence electrons. The summed E-state index contributed by atoms with van der Waals surface area (Å²) in [5.74, 6) is 1.10. The van der Waals surface area contributed by atoms with Crippen molar-refractivity contribution >= 4 is 5.91 Å². The van der Waals surface area contributed by atoms with Crippen LogP contribution in [0.5, 0.6) is 0 Å². The van der Waals surface area contributed by atoms with E-state index in [0.29, 0.717) is 0 Å². The topological polar surface area (TPSA) is 44.4 Å². The molecule has 0 spiro atoms. The van der Waals surface area contributed by atoms with Crippen molar-refractivity contribution < 1.29 is 4.79 Å². The van der Waals surface area contributed by atoms with Gasteiger partial charge in [0.2, 0.25) is 5.91 Å². The van der Waals surface area contributed by atoms with E-state index >= 15 is 0 Å². The summed E-state index contributed by atoms with van der Waals surface area (Å²) in [5.41, 5.74) is 0. The van der Waals surface area contributed by atoms with Gasteiger partial charge >= 0.3 is 0 Å². The van der Waals surface area contributed by atoms with Gasteiger partial charge in [-0.2, -0.15) is 0 Å². The number of carbonyl (C=O) groups excluding carboxylic acids is 1. The molecule has 2 rings (SSSR count). The van der Waals surface area contributed by atoms with Crippen LogP contribution in [0.1, 0.15) is 45.4 Å². The maximum atomic E-state index is 11.9. The summed E-state index contributed by atoms with van der Waals surface area (Å²) in [6, 6.07) is 0.0598. The van der Waals surface area contributed by atoms with Crippen molar-refractivity contribution in [3.63, 3.8) is 0 Å². The fourth-order valence-corrected chi connectivity index (χ4v) is 3.00. The largest absolute Gasteiger partial charge is 0.355 e. The van der Waals surface area contributed by atoms with Crippen LogP contribution in [0.25, 0.3) is 0 Å². The Hall–Kier alpha value is -0.610. The summed E-state index contributed by atoms with van der Waals surface area (Å²) >= 11 is 0. The van der Waals surface area contributed by atoms with Crippen LogP contribution in [0.4, 0.5) is 0 Å². The zero-order valence-corrected chi connectivity index (χ0v) is 12.3. The number of piperidine rings is 2. The standard InChI is InChI=1S/C15H29N3O/c1-13-6-11-18(12-7-13)10-4-9-17-15(19)14-5-2-3-8-16-14/h13-14,16H,2-12H2,1H3,(H,17,19). The van der Waals surface area contributed by atoms with Crippen molar-refractivity contribution in [1.29, 1.82) is 0 Å². The summed E-state index contributed by atoms with van der Waals surface area (Å²) < 4.78 is 0. The lowest BCUT2D eigenvalue weighted by molar-refractivity contribution is -0.123. The van der Waals surface area contributed by atoms with Gasteiger partial charge < -0.3 is 15.5 Å². The molecule has 4 heteroatoms. The lowest BCUT2D eigenvalue weighted by Crippen LogP contribution is -2.47. The number of hydrogen-bond acceptors (Lipinski definition) is 3. The van der Waals surface area contributed by atoms with E-state index in [9.17, 15) is 4.79 Å². The van der Waals surface area contributed by atoms with Gasteiger partial charge in [0.25, 0.3) is 0 Å². The molecule has 2 fully saturated rings. The molecule has 0 aromatic rings. The molecule has 0 radical (unpaired) electrons. The van der Waals surface area contributed by atoms with E-state index in [2.05, 4.69) is 22.5 Å². The number of nitrogens with zero attached hydrogens (tertiary/aromatic N) is 1. The van der Waals surface area contributed by atoms with Gasteiger partial charge in [0.05, 0.1) is 6.04 Å². The Morgan fingerprint density at radius 2 is 2.05 bits per heavy atom. The number of nitrogens with one attached hydrogen (secondary N) is 2. The van der Waals surface area contributed by atoms with Crippen LogP contribution in [0, 0.1) is 5.92 Å². The second-order valence-corrected chi connectivity index (χ2v) is 6.17. The fourth-order valence-electron chi connectivity index (χ4n) is 3.00. The smallest absolute Gasteiger partial charge is 0.237 e. The normalized spacial score (nSPS) is 26.3. The molecular weight excluding hydrogens is 238 g/mol. The molecule has 2 aliphatic rings. The van der Waals surface area contributed by atoms with E-state index in [0.717, 1.165) is 38.4 Å². The Bertz CT molecular complexity index is 269. The molecule has 0 bridgehead atoms. The third kappa shape index (κ3) is 5.11. The highest BCUT2D eigenvalue weighted by atomic mass is 16.2. The Morgan fingerprint density at radius 3 is 2.74 bits per heavy atom. The zero-order chi connectivity index (χ0) is 13.5. The molecule has 2 saturated heterocycles. The number of rotatable bonds is 5. The first-order valence-electron chi connectivity index (χ1n) is 7.99. The number of likely N-dealkylation sites (tertiary alicyclic amines) is 1. The van der Waals surface area contributed by atoms with Gasteiger partial charge in [-0.15, -0.1) is 0 Å². The van der Waals surface area contributed by atoms with Gasteiger partial charge in [-0.05, 0) is 64.2 Å². The Balaban J connectivity index is 1.52. The van der Waals surface area contributed by atoms with E-state index in [-0.39, 0.29) is 11.9 Å². The van der Waals surface area contributed by atoms with Gasteiger partial charge in [-0.3, -0.25) is 4.79 Å². The van der Waals surface area contributed by atoms with Gasteiger partial charge in [0.15, 0.2) is 0 Å². The minimum Gasteiger partial charge on any atom is -0.355 e. The van der Waals surface area contributed by atoms with E-state index < -0.39 is 0 Å². The van der Waals surface area contributed by atoms with Gasteiger partial charge in [-0.25, -0.2) is 0 Å². The number of carbonyl (C=O) groups is 1. The predicted molar refractivity (Wildman–Crippen MR) is 78.1 cm³/mol. The van der Waals surface area contributed by atoms with Gasteiger partial charge in [0.1, 0.15) is 0 Å². The maximum Gasteiger partial charge on any atom is 0.237 e. The van der Waals surface area contributed by atoms with E-state index in [1.165, 1.54) is 38.8 Å². The highest BCUT2D eigenvalue weighted by molar-refractivity contribution is 5.81. The van der Waals surface area contributed by atoms with Crippen molar-refractivity contribution in [2.45, 2.75) is 51.5 Å². The van der Waals surface area contributed by atoms with E-state index in [4.69, 9.17) is 0 Å². The molecule has 0 saturated carbocycles. The minimum atomic E-state index is 0.0598. The van der Waals surface area contributed by atoms with Crippen molar-refractivity contribution in [1.82, 2.24) is 15.5 Å². The second-order valence-electron chi connectivity index (χ2n) is 6.17. The molecule has 0 aromatic heterocycles. The molecule has 0 aliphatic carbocycles. The summed E-state index contributed by atoms with van der Waals surface area (Å²) in [5, 5.41) is 6.36. The molecule has 0 aromatic carbocycles. The van der Waals surface area contributed by atoms with Gasteiger partial charge in [-0.1, -0.05) is 13.3 Å². The minimum absolute atomic E-state index is 0.0598. The SMILES string of the molecule is CC1CCN(CCCNC(=O)C2CCCCN2)CC1. The summed E-state index contributed by atoms with van der Waals surface area (Å²) in [6.45, 7) is 7.76. The first-order valence-corrected chi connectivity index (χ1v) is 7.99. The average Bonchev–Trinajstić information content (AvgIpc) is 2.46. The van der Waals surface area contributed by atoms with E-state index in [1.807, 2.05) is 0 Å². The van der Waals surface area contributed by atoms with Crippen LogP contribution in [0.3, 0.4) is 0 Å². The lowest BCUT2D eigenvalue weighted by atomic mass is 9.99. The van der Waals surface area contributed by atoms with E-state index in [1.54, 1.807) is 0 Å². The molecule has 2 N–H and O–H groups in total. The van der Waals surface area contributed by atoms with Gasteiger partial charge in [0, 0.05) is 6.54 Å². The average molecular weight is 267 g/mol. The Kier molecular flexibility index (Phi) is 6.11. The molecule has 19 heavy (non-hydrogen) atoms. The van der Waals surface area contributed by atoms with Crippen LogP contribution >= 0.6 is 0 Å². The first kappa shape index (κ1) is 14.8. The monoisotopic (exact) mass is 267 g/mol. The third-order valence-corrected chi connectivity index (χ3v) is 4.45. The summed E-state index contributed by atoms with van der Waals surface area (Å²) in [6.07, 6.45) is 7.12. The lowest BCUT2D eigenvalue weighted by Gasteiger charge is -2.30. The van der Waals surface area contributed by atoms with Crippen LogP contribution in [-0.2, 0) is 4.79 Å². The second kappa shape index (κ2) is 7.85. The van der Waals surface area contributed by atoms with Crippen molar-refractivity contribution in [3.8, 4) is 0 Å². The molecular formula is C15H29N3O. The zero-order valence-electron chi connectivity index (χ0n) is 12.3. The summed E-state index contributed by atoms with van der Waals surface area (Å²) in [7, 11) is 0. The van der Waals surface area contributed by atoms with Crippen LogP contribution < -0.4 is 10.6 Å². The van der Waals surface area contributed by atoms with Crippen LogP contribution in [-0.4, -0.2) is 49.6 Å². The van der Waals surface area contributed by atoms with Crippen molar-refractivity contribution in [2.75, 3.05) is 32.7 Å². The molecule has 4 nitrogen and oxygen atoms in total. The summed E-state index contributed by atoms with van der Waals surface area (Å²) in [4.78, 5) is 14.4. The Labute approximate surface area is 117 Å². The van der Waals surface area contributed by atoms with Crippen molar-refractivity contribution in [3.05, 3.63) is 0 Å². The molecule has 1 amide bonds. The Morgan fingerprint density at radius 1 is 1.26 bits per heavy atom.